The molecule has 1 unspecified atom stereocenters. The Morgan fingerprint density at radius 1 is 1.47 bits per heavy atom. The summed E-state index contributed by atoms with van der Waals surface area (Å²) in [6.45, 7) is 1.99. The number of methoxy groups -OCH3 is 1. The van der Waals surface area contributed by atoms with Gasteiger partial charge in [0.15, 0.2) is 5.06 Å². The summed E-state index contributed by atoms with van der Waals surface area (Å²) in [6, 6.07) is 0. The van der Waals surface area contributed by atoms with Gasteiger partial charge in [0, 0.05) is 26.6 Å². The van der Waals surface area contributed by atoms with E-state index in [1.165, 1.54) is 12.8 Å². The lowest BCUT2D eigenvalue weighted by atomic mass is 10.1. The van der Waals surface area contributed by atoms with Gasteiger partial charge in [0.05, 0.1) is 0 Å². The largest absolute Gasteiger partial charge is 0.432 e. The van der Waals surface area contributed by atoms with Gasteiger partial charge in [-0.3, -0.25) is 0 Å². The van der Waals surface area contributed by atoms with Gasteiger partial charge < -0.3 is 14.4 Å². The van der Waals surface area contributed by atoms with Gasteiger partial charge >= 0.3 is 0 Å². The second kappa shape index (κ2) is 5.38. The lowest BCUT2D eigenvalue weighted by Gasteiger charge is -2.25. The minimum atomic E-state index is -0.734. The van der Waals surface area contributed by atoms with Crippen LogP contribution in [0.5, 0.6) is 0 Å². The van der Waals surface area contributed by atoms with Gasteiger partial charge in [-0.15, -0.1) is 0 Å². The number of halogens is 1. The molecule has 0 saturated carbocycles. The number of rotatable bonds is 2. The molecule has 17 heavy (non-hydrogen) atoms. The normalized spacial score (nSPS) is 28.1. The van der Waals surface area contributed by atoms with Gasteiger partial charge in [-0.25, -0.2) is 0 Å². The van der Waals surface area contributed by atoms with Gasteiger partial charge in [-0.05, 0) is 43.3 Å². The van der Waals surface area contributed by atoms with Crippen molar-refractivity contribution in [2.75, 3.05) is 20.2 Å². The zero-order valence-electron chi connectivity index (χ0n) is 9.82. The van der Waals surface area contributed by atoms with E-state index in [2.05, 4.69) is 4.90 Å². The number of nitrogens with zero attached hydrogens (tertiary/aromatic N) is 1. The molecule has 94 valence electrons. The van der Waals surface area contributed by atoms with Crippen molar-refractivity contribution in [3.63, 3.8) is 0 Å². The van der Waals surface area contributed by atoms with Crippen LogP contribution in [0.2, 0.25) is 0 Å². The number of alkyl halides is 1. The molecule has 1 atom stereocenters. The second-order valence-corrected chi connectivity index (χ2v) is 5.19. The molecule has 5 heteroatoms. The van der Waals surface area contributed by atoms with Crippen molar-refractivity contribution >= 4 is 29.0 Å². The Hall–Kier alpha value is -0.580. The van der Waals surface area contributed by atoms with Crippen molar-refractivity contribution in [1.82, 2.24) is 4.90 Å². The van der Waals surface area contributed by atoms with Crippen LogP contribution in [-0.2, 0) is 9.47 Å². The molecule has 0 radical (unpaired) electrons. The second-order valence-electron chi connectivity index (χ2n) is 4.20. The van der Waals surface area contributed by atoms with Crippen LogP contribution in [0, 0.1) is 0 Å². The molecule has 1 fully saturated rings. The highest BCUT2D eigenvalue weighted by molar-refractivity contribution is 7.80. The molecule has 0 amide bonds. The Kier molecular flexibility index (Phi) is 4.07. The van der Waals surface area contributed by atoms with Crippen LogP contribution in [-0.4, -0.2) is 35.3 Å². The molecular weight excluding hydrogens is 258 g/mol. The SMILES string of the molecule is COC1(Cl)C=CC(OC(=S)N2CCCC2)=CC1. The average molecular weight is 274 g/mol. The van der Waals surface area contributed by atoms with E-state index in [9.17, 15) is 0 Å². The van der Waals surface area contributed by atoms with Crippen LogP contribution in [0.15, 0.2) is 24.0 Å². The van der Waals surface area contributed by atoms with Crippen molar-refractivity contribution in [3.8, 4) is 0 Å². The van der Waals surface area contributed by atoms with E-state index in [1.54, 1.807) is 13.2 Å². The fourth-order valence-corrected chi connectivity index (χ4v) is 2.29. The number of likely N-dealkylation sites (tertiary alicyclic amines) is 1. The molecule has 1 saturated heterocycles. The van der Waals surface area contributed by atoms with Crippen molar-refractivity contribution in [2.24, 2.45) is 0 Å². The van der Waals surface area contributed by atoms with E-state index >= 15 is 0 Å². The Balaban J connectivity index is 1.89. The molecule has 2 aliphatic rings. The van der Waals surface area contributed by atoms with Crippen molar-refractivity contribution in [1.29, 1.82) is 0 Å². The third-order valence-corrected chi connectivity index (χ3v) is 3.76. The van der Waals surface area contributed by atoms with E-state index in [0.29, 0.717) is 11.6 Å². The lowest BCUT2D eigenvalue weighted by molar-refractivity contribution is 0.104. The summed E-state index contributed by atoms with van der Waals surface area (Å²) >= 11 is 11.4. The number of thiocarbonyl (C=S) groups is 1. The number of hydrogen-bond acceptors (Lipinski definition) is 3. The van der Waals surface area contributed by atoms with Crippen molar-refractivity contribution in [2.45, 2.75) is 24.3 Å². The third kappa shape index (κ3) is 3.21. The van der Waals surface area contributed by atoms with Gasteiger partial charge in [0.1, 0.15) is 5.76 Å². The molecule has 0 aromatic heterocycles. The van der Waals surface area contributed by atoms with Gasteiger partial charge in [0.25, 0.3) is 5.17 Å². The first kappa shape index (κ1) is 12.9. The summed E-state index contributed by atoms with van der Waals surface area (Å²) in [5.41, 5.74) is 0. The molecule has 2 rings (SSSR count). The zero-order valence-corrected chi connectivity index (χ0v) is 11.4. The summed E-state index contributed by atoms with van der Waals surface area (Å²) in [5, 5.41) is -0.180. The highest BCUT2D eigenvalue weighted by Gasteiger charge is 2.26. The predicted octanol–water partition coefficient (Wildman–Crippen LogP) is 2.81. The van der Waals surface area contributed by atoms with Crippen molar-refractivity contribution in [3.05, 3.63) is 24.0 Å². The summed E-state index contributed by atoms with van der Waals surface area (Å²) in [6.07, 6.45) is 8.46. The maximum atomic E-state index is 6.14. The van der Waals surface area contributed by atoms with Crippen LogP contribution < -0.4 is 0 Å². The summed E-state index contributed by atoms with van der Waals surface area (Å²) in [4.78, 5) is 2.09. The molecule has 0 aromatic rings. The Labute approximate surface area is 112 Å². The fraction of sp³-hybridized carbons (Fsp3) is 0.583. The molecule has 0 spiro atoms. The maximum Gasteiger partial charge on any atom is 0.264 e. The number of allylic oxidation sites excluding steroid dienone is 1. The molecule has 1 aliphatic carbocycles. The summed E-state index contributed by atoms with van der Waals surface area (Å²) < 4.78 is 10.8. The first-order valence-electron chi connectivity index (χ1n) is 5.73. The summed E-state index contributed by atoms with van der Waals surface area (Å²) in [5.74, 6) is 0.746. The van der Waals surface area contributed by atoms with Crippen LogP contribution in [0.1, 0.15) is 19.3 Å². The molecule has 0 bridgehead atoms. The van der Waals surface area contributed by atoms with Crippen LogP contribution >= 0.6 is 23.8 Å². The van der Waals surface area contributed by atoms with Crippen LogP contribution in [0.3, 0.4) is 0 Å². The van der Waals surface area contributed by atoms with E-state index in [4.69, 9.17) is 33.3 Å². The number of hydrogen-bond donors (Lipinski definition) is 0. The third-order valence-electron chi connectivity index (χ3n) is 2.99. The first-order valence-corrected chi connectivity index (χ1v) is 6.52. The van der Waals surface area contributed by atoms with E-state index in [1.807, 2.05) is 12.2 Å². The average Bonchev–Trinajstić information content (AvgIpc) is 2.86. The van der Waals surface area contributed by atoms with Gasteiger partial charge in [-0.2, -0.15) is 0 Å². The maximum absolute atomic E-state index is 6.14. The molecule has 0 N–H and O–H groups in total. The van der Waals surface area contributed by atoms with Crippen LogP contribution in [0.4, 0.5) is 0 Å². The minimum Gasteiger partial charge on any atom is -0.432 e. The fourth-order valence-electron chi connectivity index (χ4n) is 1.87. The van der Waals surface area contributed by atoms with E-state index in [-0.39, 0.29) is 0 Å². The topological polar surface area (TPSA) is 21.7 Å². The smallest absolute Gasteiger partial charge is 0.264 e. The Bertz CT molecular complexity index is 364. The Morgan fingerprint density at radius 2 is 2.18 bits per heavy atom. The minimum absolute atomic E-state index is 0.554. The summed E-state index contributed by atoms with van der Waals surface area (Å²) in [7, 11) is 1.59. The quantitative estimate of drug-likeness (QED) is 0.570. The Morgan fingerprint density at radius 3 is 2.71 bits per heavy atom. The highest BCUT2D eigenvalue weighted by Crippen LogP contribution is 2.29. The molecule has 3 nitrogen and oxygen atoms in total. The molecule has 0 aromatic carbocycles. The lowest BCUT2D eigenvalue weighted by Crippen LogP contribution is -2.28. The van der Waals surface area contributed by atoms with E-state index in [0.717, 1.165) is 18.8 Å². The van der Waals surface area contributed by atoms with Gasteiger partial charge in [0.2, 0.25) is 0 Å². The molecule has 1 heterocycles. The standard InChI is InChI=1S/C12H16ClNO2S/c1-15-12(13)6-4-10(5-7-12)16-11(17)14-8-2-3-9-14/h4-6H,2-3,7-9H2,1H3. The molecular formula is C12H16ClNO2S. The van der Waals surface area contributed by atoms with E-state index < -0.39 is 5.06 Å². The molecule has 1 aliphatic heterocycles. The highest BCUT2D eigenvalue weighted by atomic mass is 35.5. The first-order chi connectivity index (χ1) is 8.13. The predicted molar refractivity (Wildman–Crippen MR) is 71.9 cm³/mol. The van der Waals surface area contributed by atoms with Gasteiger partial charge in [-0.1, -0.05) is 11.6 Å². The monoisotopic (exact) mass is 273 g/mol. The zero-order chi connectivity index (χ0) is 12.3. The van der Waals surface area contributed by atoms with Crippen molar-refractivity contribution < 1.29 is 9.47 Å². The van der Waals surface area contributed by atoms with Crippen LogP contribution in [0.25, 0.3) is 0 Å². The number of ether oxygens (including phenoxy) is 2.